The molecule has 178 valence electrons. The Hall–Kier alpha value is -2.58. The zero-order valence-electron chi connectivity index (χ0n) is 19.1. The molecule has 2 aliphatic rings. The van der Waals surface area contributed by atoms with Gasteiger partial charge in [-0.25, -0.2) is 0 Å². The molecule has 2 aromatic rings. The Morgan fingerprint density at radius 2 is 2.09 bits per heavy atom. The summed E-state index contributed by atoms with van der Waals surface area (Å²) in [6, 6.07) is 7.16. The first-order valence-corrected chi connectivity index (χ1v) is 12.0. The number of nitrogens with zero attached hydrogens (tertiary/aromatic N) is 3. The highest BCUT2D eigenvalue weighted by atomic mass is 35.5. The smallest absolute Gasteiger partial charge is 0.292 e. The molecule has 0 aliphatic carbocycles. The molecule has 0 unspecified atom stereocenters. The van der Waals surface area contributed by atoms with Gasteiger partial charge in [0.15, 0.2) is 0 Å². The van der Waals surface area contributed by atoms with Gasteiger partial charge in [-0.2, -0.15) is 9.78 Å². The molecule has 33 heavy (non-hydrogen) atoms. The molecule has 0 spiro atoms. The number of hydrogen-bond acceptors (Lipinski definition) is 6. The highest BCUT2D eigenvalue weighted by molar-refractivity contribution is 6.32. The fourth-order valence-corrected chi connectivity index (χ4v) is 4.41. The molecule has 9 heteroatoms. The number of rotatable bonds is 7. The number of amides is 1. The van der Waals surface area contributed by atoms with Crippen molar-refractivity contribution in [2.75, 3.05) is 38.2 Å². The number of hydrogen-bond donors (Lipinski definition) is 1. The first kappa shape index (κ1) is 23.6. The Balaban J connectivity index is 1.38. The normalized spacial score (nSPS) is 20.8. The third kappa shape index (κ3) is 5.68. The Morgan fingerprint density at radius 1 is 1.30 bits per heavy atom. The van der Waals surface area contributed by atoms with E-state index in [1.165, 1.54) is 4.68 Å². The summed E-state index contributed by atoms with van der Waals surface area (Å²) in [5, 5.41) is 7.64. The van der Waals surface area contributed by atoms with Crippen molar-refractivity contribution in [2.24, 2.45) is 11.8 Å². The van der Waals surface area contributed by atoms with Gasteiger partial charge in [-0.15, -0.1) is 0 Å². The van der Waals surface area contributed by atoms with Gasteiger partial charge < -0.3 is 19.7 Å². The summed E-state index contributed by atoms with van der Waals surface area (Å²) in [5.74, 6) is 1.24. The quantitative estimate of drug-likeness (QED) is 0.662. The molecule has 1 amide bonds. The van der Waals surface area contributed by atoms with E-state index in [4.69, 9.17) is 21.1 Å². The number of halogens is 1. The molecular formula is C24H31ClN4O4. The van der Waals surface area contributed by atoms with E-state index in [1.54, 1.807) is 30.5 Å². The van der Waals surface area contributed by atoms with E-state index in [1.807, 2.05) is 18.7 Å². The van der Waals surface area contributed by atoms with Gasteiger partial charge in [0, 0.05) is 32.0 Å². The molecule has 2 fully saturated rings. The summed E-state index contributed by atoms with van der Waals surface area (Å²) < 4.78 is 12.8. The fourth-order valence-electron chi connectivity index (χ4n) is 4.21. The first-order valence-electron chi connectivity index (χ1n) is 11.6. The number of anilines is 1. The number of likely N-dealkylation sites (tertiary alicyclic amines) is 1. The summed E-state index contributed by atoms with van der Waals surface area (Å²) in [6.07, 6.45) is 4.49. The predicted octanol–water partition coefficient (Wildman–Crippen LogP) is 3.36. The van der Waals surface area contributed by atoms with Crippen LogP contribution in [0.2, 0.25) is 5.02 Å². The van der Waals surface area contributed by atoms with Crippen LogP contribution in [-0.2, 0) is 9.53 Å². The van der Waals surface area contributed by atoms with E-state index < -0.39 is 0 Å². The average molecular weight is 475 g/mol. The van der Waals surface area contributed by atoms with E-state index in [0.717, 1.165) is 32.5 Å². The average Bonchev–Trinajstić information content (AvgIpc) is 3.29. The van der Waals surface area contributed by atoms with Gasteiger partial charge in [0.2, 0.25) is 5.91 Å². The van der Waals surface area contributed by atoms with E-state index in [-0.39, 0.29) is 28.5 Å². The topological polar surface area (TPSA) is 85.7 Å². The van der Waals surface area contributed by atoms with Crippen LogP contribution in [0.25, 0.3) is 5.69 Å². The van der Waals surface area contributed by atoms with Crippen LogP contribution in [0, 0.1) is 11.8 Å². The van der Waals surface area contributed by atoms with E-state index in [2.05, 4.69) is 10.4 Å². The standard InChI is InChI=1S/C24H31ClN4O4/c1-16(2)23(30)28-10-9-20(14-28)33-19-7-5-18(6-8-19)29-24(31)22(25)21(13-27-29)26-12-17-4-3-11-32-15-17/h5-8,13,16-17,20,26H,3-4,9-12,14-15H2,1-2H3/t17-,20+/m0/s1. The third-order valence-electron chi connectivity index (χ3n) is 6.09. The second-order valence-electron chi connectivity index (χ2n) is 9.01. The van der Waals surface area contributed by atoms with Crippen molar-refractivity contribution < 1.29 is 14.3 Å². The van der Waals surface area contributed by atoms with Crippen LogP contribution < -0.4 is 15.6 Å². The van der Waals surface area contributed by atoms with Gasteiger partial charge in [0.25, 0.3) is 5.56 Å². The van der Waals surface area contributed by atoms with Crippen molar-refractivity contribution in [3.63, 3.8) is 0 Å². The zero-order chi connectivity index (χ0) is 23.4. The molecule has 0 radical (unpaired) electrons. The van der Waals surface area contributed by atoms with E-state index >= 15 is 0 Å². The number of carbonyl (C=O) groups is 1. The Kier molecular flexibility index (Phi) is 7.55. The van der Waals surface area contributed by atoms with Gasteiger partial charge in [-0.1, -0.05) is 25.4 Å². The minimum atomic E-state index is -0.381. The lowest BCUT2D eigenvalue weighted by molar-refractivity contribution is -0.133. The number of benzene rings is 1. The number of nitrogens with one attached hydrogen (secondary N) is 1. The van der Waals surface area contributed by atoms with Crippen LogP contribution in [0.4, 0.5) is 5.69 Å². The summed E-state index contributed by atoms with van der Waals surface area (Å²) >= 11 is 6.35. The lowest BCUT2D eigenvalue weighted by Gasteiger charge is -2.22. The molecule has 1 aromatic heterocycles. The Morgan fingerprint density at radius 3 is 2.79 bits per heavy atom. The van der Waals surface area contributed by atoms with Gasteiger partial charge in [0.05, 0.1) is 30.7 Å². The lowest BCUT2D eigenvalue weighted by atomic mass is 10.0. The first-order chi connectivity index (χ1) is 15.9. The summed E-state index contributed by atoms with van der Waals surface area (Å²) in [7, 11) is 0. The van der Waals surface area contributed by atoms with Crippen molar-refractivity contribution in [3.8, 4) is 11.4 Å². The predicted molar refractivity (Wildman–Crippen MR) is 127 cm³/mol. The molecule has 2 aliphatic heterocycles. The van der Waals surface area contributed by atoms with Gasteiger partial charge in [-0.05, 0) is 43.0 Å². The highest BCUT2D eigenvalue weighted by Crippen LogP contribution is 2.23. The second-order valence-corrected chi connectivity index (χ2v) is 9.39. The van der Waals surface area contributed by atoms with Crippen LogP contribution >= 0.6 is 11.6 Å². The number of ether oxygens (including phenoxy) is 2. The van der Waals surface area contributed by atoms with Crippen LogP contribution in [0.3, 0.4) is 0 Å². The minimum Gasteiger partial charge on any atom is -0.489 e. The number of carbonyl (C=O) groups excluding carboxylic acids is 1. The molecule has 1 N–H and O–H groups in total. The van der Waals surface area contributed by atoms with Gasteiger partial charge >= 0.3 is 0 Å². The summed E-state index contributed by atoms with van der Waals surface area (Å²) in [4.78, 5) is 26.8. The molecule has 2 saturated heterocycles. The van der Waals surface area contributed by atoms with Crippen LogP contribution in [-0.4, -0.2) is 59.5 Å². The van der Waals surface area contributed by atoms with E-state index in [0.29, 0.717) is 42.7 Å². The Bertz CT molecular complexity index is 1020. The van der Waals surface area contributed by atoms with Crippen LogP contribution in [0.15, 0.2) is 35.3 Å². The maximum Gasteiger partial charge on any atom is 0.292 e. The minimum absolute atomic E-state index is 0.0106. The SMILES string of the molecule is CC(C)C(=O)N1CC[C@@H](Oc2ccc(-n3ncc(NC[C@@H]4CCCOC4)c(Cl)c3=O)cc2)C1. The largest absolute Gasteiger partial charge is 0.489 e. The molecule has 3 heterocycles. The molecule has 8 nitrogen and oxygen atoms in total. The number of aromatic nitrogens is 2. The van der Waals surface area contributed by atoms with Crippen LogP contribution in [0.1, 0.15) is 33.1 Å². The maximum atomic E-state index is 12.8. The zero-order valence-corrected chi connectivity index (χ0v) is 19.9. The van der Waals surface area contributed by atoms with Crippen molar-refractivity contribution >= 4 is 23.2 Å². The van der Waals surface area contributed by atoms with Gasteiger partial charge in [0.1, 0.15) is 16.9 Å². The summed E-state index contributed by atoms with van der Waals surface area (Å²) in [6.45, 7) is 7.35. The maximum absolute atomic E-state index is 12.8. The van der Waals surface area contributed by atoms with Crippen LogP contribution in [0.5, 0.6) is 5.75 Å². The molecule has 1 aromatic carbocycles. The van der Waals surface area contributed by atoms with Crippen molar-refractivity contribution in [1.82, 2.24) is 14.7 Å². The molecule has 4 rings (SSSR count). The van der Waals surface area contributed by atoms with Crippen molar-refractivity contribution in [1.29, 1.82) is 0 Å². The summed E-state index contributed by atoms with van der Waals surface area (Å²) in [5.41, 5.74) is 0.753. The van der Waals surface area contributed by atoms with Crippen molar-refractivity contribution in [3.05, 3.63) is 45.8 Å². The molecule has 0 bridgehead atoms. The Labute approximate surface area is 198 Å². The highest BCUT2D eigenvalue weighted by Gasteiger charge is 2.28. The third-order valence-corrected chi connectivity index (χ3v) is 6.45. The lowest BCUT2D eigenvalue weighted by Crippen LogP contribution is -2.33. The molecular weight excluding hydrogens is 444 g/mol. The fraction of sp³-hybridized carbons (Fsp3) is 0.542. The van der Waals surface area contributed by atoms with Crippen molar-refractivity contribution in [2.45, 2.75) is 39.2 Å². The van der Waals surface area contributed by atoms with E-state index in [9.17, 15) is 9.59 Å². The molecule has 2 atom stereocenters. The molecule has 0 saturated carbocycles. The monoisotopic (exact) mass is 474 g/mol. The van der Waals surface area contributed by atoms with Gasteiger partial charge in [-0.3, -0.25) is 9.59 Å². The second kappa shape index (κ2) is 10.6.